The zero-order valence-electron chi connectivity index (χ0n) is 5.77. The summed E-state index contributed by atoms with van der Waals surface area (Å²) in [5.41, 5.74) is 0. The SMILES string of the molecule is [CH2-]N[CH-]C#CC.[CH3-].[W+2].[Y]. The van der Waals surface area contributed by atoms with E-state index in [0.29, 0.717) is 0 Å². The summed E-state index contributed by atoms with van der Waals surface area (Å²) in [6.07, 6.45) is 0. The summed E-state index contributed by atoms with van der Waals surface area (Å²) in [6, 6.07) is 0. The molecule has 1 N–H and O–H groups in total. The molecule has 0 amide bonds. The Morgan fingerprint density at radius 1 is 1.56 bits per heavy atom. The Labute approximate surface area is 97.9 Å². The number of hydrogen-bond donors (Lipinski definition) is 1. The molecule has 9 heavy (non-hydrogen) atoms. The maximum atomic E-state index is 3.32. The number of nitrogens with one attached hydrogen (secondary N) is 1. The third-order valence-electron chi connectivity index (χ3n) is 0.319. The van der Waals surface area contributed by atoms with Crippen LogP contribution >= 0.6 is 0 Å². The molecule has 0 aromatic rings. The maximum Gasteiger partial charge on any atom is 2.00 e. The van der Waals surface area contributed by atoms with E-state index in [1.807, 2.05) is 0 Å². The van der Waals surface area contributed by atoms with Crippen molar-refractivity contribution in [3.05, 3.63) is 21.0 Å². The van der Waals surface area contributed by atoms with Crippen LogP contribution < -0.4 is 5.32 Å². The summed E-state index contributed by atoms with van der Waals surface area (Å²) in [4.78, 5) is 0. The molecule has 0 unspecified atom stereocenters. The van der Waals surface area contributed by atoms with Crippen molar-refractivity contribution in [1.29, 1.82) is 0 Å². The summed E-state index contributed by atoms with van der Waals surface area (Å²) in [5.74, 6) is 5.31. The third-order valence-corrected chi connectivity index (χ3v) is 0.319. The van der Waals surface area contributed by atoms with Crippen molar-refractivity contribution in [3.63, 3.8) is 0 Å². The van der Waals surface area contributed by atoms with Gasteiger partial charge in [0.15, 0.2) is 0 Å². The quantitative estimate of drug-likeness (QED) is 0.538. The predicted molar refractivity (Wildman–Crippen MR) is 32.7 cm³/mol. The molecule has 0 bridgehead atoms. The van der Waals surface area contributed by atoms with Gasteiger partial charge in [-0.1, -0.05) is 6.92 Å². The molecule has 0 saturated heterocycles. The first-order valence-corrected chi connectivity index (χ1v) is 1.68. The Hall–Kier alpha value is 1.18. The molecule has 0 aromatic heterocycles. The summed E-state index contributed by atoms with van der Waals surface area (Å²) in [6.45, 7) is 3.36. The van der Waals surface area contributed by atoms with E-state index in [0.717, 1.165) is 0 Å². The van der Waals surface area contributed by atoms with Gasteiger partial charge in [-0.25, -0.2) is 0 Å². The predicted octanol–water partition coefficient (Wildman–Crippen LogP) is 0.998. The van der Waals surface area contributed by atoms with E-state index in [4.69, 9.17) is 0 Å². The fourth-order valence-corrected chi connectivity index (χ4v) is 0.123. The van der Waals surface area contributed by atoms with Gasteiger partial charge in [-0.05, 0) is 0 Å². The third kappa shape index (κ3) is 27.1. The van der Waals surface area contributed by atoms with Gasteiger partial charge in [0.1, 0.15) is 0 Å². The standard InChI is InChI=1S/C5H7N.CH3.W.Y/c1-3-4-5-6-2;;;/h5-6H,2H2,1H3;1H3;;/q-2;-1;+2;. The van der Waals surface area contributed by atoms with E-state index in [2.05, 4.69) is 24.2 Å². The fraction of sp³-hybridized carbons (Fsp3) is 0.167. The van der Waals surface area contributed by atoms with E-state index in [1.54, 1.807) is 13.5 Å². The largest absolute Gasteiger partial charge is 2.00 e. The normalized spacial score (nSPS) is 3.78. The zero-order valence-corrected chi connectivity index (χ0v) is 11.5. The second-order valence-corrected chi connectivity index (χ2v) is 0.743. The molecule has 49 valence electrons. The van der Waals surface area contributed by atoms with Crippen LogP contribution in [0.1, 0.15) is 6.92 Å². The van der Waals surface area contributed by atoms with Gasteiger partial charge >= 0.3 is 21.1 Å². The first kappa shape index (κ1) is 22.5. The van der Waals surface area contributed by atoms with Crippen LogP contribution in [0.2, 0.25) is 0 Å². The van der Waals surface area contributed by atoms with E-state index in [9.17, 15) is 0 Å². The van der Waals surface area contributed by atoms with Crippen LogP contribution in [0.15, 0.2) is 0 Å². The monoisotopic (exact) mass is 369 g/mol. The minimum absolute atomic E-state index is 0. The molecule has 0 saturated carbocycles. The summed E-state index contributed by atoms with van der Waals surface area (Å²) >= 11 is 0. The average molecular weight is 369 g/mol. The Balaban J connectivity index is -0.0000000417. The van der Waals surface area contributed by atoms with Crippen molar-refractivity contribution in [2.75, 3.05) is 0 Å². The number of rotatable bonds is 1. The summed E-state index contributed by atoms with van der Waals surface area (Å²) in [7, 11) is 3.32. The summed E-state index contributed by atoms with van der Waals surface area (Å²) in [5, 5.41) is 2.52. The first-order chi connectivity index (χ1) is 2.91. The Bertz CT molecular complexity index is 74.9. The van der Waals surface area contributed by atoms with Crippen LogP contribution in [0.5, 0.6) is 0 Å². The van der Waals surface area contributed by atoms with Gasteiger partial charge in [0.2, 0.25) is 0 Å². The van der Waals surface area contributed by atoms with Crippen LogP contribution in [0.3, 0.4) is 0 Å². The van der Waals surface area contributed by atoms with Gasteiger partial charge in [-0.2, -0.15) is 6.54 Å². The van der Waals surface area contributed by atoms with Crippen molar-refractivity contribution in [1.82, 2.24) is 5.32 Å². The second kappa shape index (κ2) is 22.9. The van der Waals surface area contributed by atoms with Crippen molar-refractivity contribution in [3.8, 4) is 11.8 Å². The molecule has 0 fully saturated rings. The van der Waals surface area contributed by atoms with Crippen LogP contribution in [-0.2, 0) is 53.8 Å². The van der Waals surface area contributed by atoms with Crippen molar-refractivity contribution in [2.45, 2.75) is 6.92 Å². The van der Waals surface area contributed by atoms with Gasteiger partial charge in [-0.3, -0.25) is 13.0 Å². The molecule has 0 rings (SSSR count). The first-order valence-electron chi connectivity index (χ1n) is 1.68. The minimum atomic E-state index is 0. The molecular weight excluding hydrogens is 359 g/mol. The van der Waals surface area contributed by atoms with Crippen LogP contribution in [0.25, 0.3) is 0 Å². The zero-order chi connectivity index (χ0) is 4.83. The molecule has 1 nitrogen and oxygen atoms in total. The van der Waals surface area contributed by atoms with E-state index < -0.39 is 0 Å². The molecule has 0 aromatic carbocycles. The second-order valence-electron chi connectivity index (χ2n) is 0.743. The van der Waals surface area contributed by atoms with E-state index >= 15 is 0 Å². The summed E-state index contributed by atoms with van der Waals surface area (Å²) < 4.78 is 0. The average Bonchev–Trinajstić information content (AvgIpc) is 1.61. The topological polar surface area (TPSA) is 12.0 Å². The molecule has 0 heterocycles. The molecular formula is C6H10NWY-. The molecule has 1 radical (unpaired) electrons. The maximum absolute atomic E-state index is 3.32. The van der Waals surface area contributed by atoms with Gasteiger partial charge in [0.05, 0.1) is 0 Å². The molecule has 0 aliphatic rings. The van der Waals surface area contributed by atoms with Crippen LogP contribution in [-0.4, -0.2) is 0 Å². The molecule has 0 aliphatic heterocycles. The molecule has 0 atom stereocenters. The Morgan fingerprint density at radius 2 is 2.00 bits per heavy atom. The van der Waals surface area contributed by atoms with E-state index in [-0.39, 0.29) is 61.2 Å². The molecule has 0 aliphatic carbocycles. The van der Waals surface area contributed by atoms with Crippen molar-refractivity contribution < 1.29 is 53.8 Å². The Kier molecular flexibility index (Phi) is 57.1. The Morgan fingerprint density at radius 3 is 2.11 bits per heavy atom. The van der Waals surface area contributed by atoms with Gasteiger partial charge in [0.25, 0.3) is 0 Å². The van der Waals surface area contributed by atoms with Gasteiger partial charge in [-0.15, -0.1) is 0 Å². The smallest absolute Gasteiger partial charge is 0.524 e. The van der Waals surface area contributed by atoms with E-state index in [1.165, 1.54) is 0 Å². The molecule has 3 heteroatoms. The molecule has 0 spiro atoms. The van der Waals surface area contributed by atoms with Crippen molar-refractivity contribution >= 4 is 0 Å². The van der Waals surface area contributed by atoms with Gasteiger partial charge in [0, 0.05) is 32.7 Å². The fourth-order valence-electron chi connectivity index (χ4n) is 0.123. The van der Waals surface area contributed by atoms with Crippen LogP contribution in [0, 0.1) is 32.9 Å². The van der Waals surface area contributed by atoms with Gasteiger partial charge < -0.3 is 18.7 Å². The number of hydrogen-bond acceptors (Lipinski definition) is 1. The minimum Gasteiger partial charge on any atom is -0.524 e. The van der Waals surface area contributed by atoms with Crippen LogP contribution in [0.4, 0.5) is 0 Å². The van der Waals surface area contributed by atoms with Crippen molar-refractivity contribution in [2.24, 2.45) is 0 Å².